The molecule has 0 bridgehead atoms. The largest absolute Gasteiger partial charge is 0.357 e. The maximum Gasteiger partial charge on any atom is 0.164 e. The molecule has 2 unspecified atom stereocenters. The number of hydrogen-bond donors (Lipinski definition) is 1. The van der Waals surface area contributed by atoms with E-state index in [1.165, 1.54) is 43.4 Å². The van der Waals surface area contributed by atoms with Gasteiger partial charge in [-0.15, -0.1) is 0 Å². The lowest BCUT2D eigenvalue weighted by atomic mass is 9.55. The first-order chi connectivity index (χ1) is 13.6. The highest BCUT2D eigenvalue weighted by atomic mass is 19.1. The van der Waals surface area contributed by atoms with Gasteiger partial charge in [0.15, 0.2) is 7.28 Å². The van der Waals surface area contributed by atoms with Crippen molar-refractivity contribution in [2.24, 2.45) is 0 Å². The first-order valence-corrected chi connectivity index (χ1v) is 10.5. The van der Waals surface area contributed by atoms with Crippen LogP contribution in [-0.2, 0) is 0 Å². The number of halogens is 2. The van der Waals surface area contributed by atoms with Crippen LogP contribution in [-0.4, -0.2) is 17.2 Å². The van der Waals surface area contributed by atoms with Gasteiger partial charge in [0.1, 0.15) is 11.6 Å². The summed E-state index contributed by atoms with van der Waals surface area (Å²) in [5.41, 5.74) is 4.03. The third kappa shape index (κ3) is 4.13. The third-order valence-electron chi connectivity index (χ3n) is 6.37. The number of nitrogens with one attached hydrogen (secondary N) is 1. The van der Waals surface area contributed by atoms with Gasteiger partial charge in [0.25, 0.3) is 0 Å². The van der Waals surface area contributed by atoms with E-state index in [-0.39, 0.29) is 11.6 Å². The van der Waals surface area contributed by atoms with Gasteiger partial charge < -0.3 is 4.98 Å². The van der Waals surface area contributed by atoms with Gasteiger partial charge in [-0.3, -0.25) is 4.98 Å². The van der Waals surface area contributed by atoms with Crippen LogP contribution in [0, 0.1) is 18.6 Å². The van der Waals surface area contributed by atoms with E-state index >= 15 is 0 Å². The summed E-state index contributed by atoms with van der Waals surface area (Å²) < 4.78 is 27.7. The quantitative estimate of drug-likeness (QED) is 0.595. The monoisotopic (exact) mass is 380 g/mol. The number of fused-ring (bicyclic) bond motifs is 1. The molecule has 0 aliphatic heterocycles. The fraction of sp³-hybridized carbons (Fsp3) is 0.435. The Bertz CT molecular complexity index is 953. The van der Waals surface area contributed by atoms with Crippen LogP contribution in [0.5, 0.6) is 0 Å². The molecule has 1 aromatic carbocycles. The number of para-hydroxylation sites is 1. The molecule has 4 rings (SSSR count). The van der Waals surface area contributed by atoms with E-state index in [0.29, 0.717) is 17.3 Å². The molecule has 2 heterocycles. The molecule has 0 radical (unpaired) electrons. The Hall–Kier alpha value is -2.17. The van der Waals surface area contributed by atoms with Crippen molar-refractivity contribution in [3.8, 4) is 0 Å². The highest BCUT2D eigenvalue weighted by Gasteiger charge is 2.21. The van der Waals surface area contributed by atoms with Crippen molar-refractivity contribution >= 4 is 23.6 Å². The summed E-state index contributed by atoms with van der Waals surface area (Å²) in [6.45, 7) is 2.05. The molecular formula is C23H27BF2N2. The maximum atomic E-state index is 14.1. The van der Waals surface area contributed by atoms with E-state index in [9.17, 15) is 8.78 Å². The molecule has 1 fully saturated rings. The second kappa shape index (κ2) is 8.46. The van der Waals surface area contributed by atoms with Crippen LogP contribution in [0.15, 0.2) is 36.7 Å². The van der Waals surface area contributed by atoms with E-state index in [0.717, 1.165) is 43.2 Å². The molecule has 0 amide bonds. The smallest absolute Gasteiger partial charge is 0.164 e. The second-order valence-corrected chi connectivity index (χ2v) is 8.31. The zero-order chi connectivity index (χ0) is 19.5. The van der Waals surface area contributed by atoms with Crippen molar-refractivity contribution in [3.63, 3.8) is 0 Å². The summed E-state index contributed by atoms with van der Waals surface area (Å²) >= 11 is 0. The normalized spacial score (nSPS) is 21.1. The van der Waals surface area contributed by atoms with Crippen LogP contribution in [0.1, 0.15) is 62.1 Å². The fourth-order valence-corrected chi connectivity index (χ4v) is 4.87. The average molecular weight is 380 g/mol. The van der Waals surface area contributed by atoms with Crippen LogP contribution >= 0.6 is 0 Å². The third-order valence-corrected chi connectivity index (χ3v) is 6.37. The Labute approximate surface area is 166 Å². The molecule has 28 heavy (non-hydrogen) atoms. The highest BCUT2D eigenvalue weighted by molar-refractivity contribution is 6.59. The number of aryl methyl sites for hydroxylation is 1. The minimum atomic E-state index is -0.239. The lowest BCUT2D eigenvalue weighted by Gasteiger charge is -2.16. The van der Waals surface area contributed by atoms with Crippen LogP contribution in [0.2, 0.25) is 5.82 Å². The molecule has 2 aromatic heterocycles. The molecule has 2 atom stereocenters. The van der Waals surface area contributed by atoms with Gasteiger partial charge in [-0.05, 0) is 48.8 Å². The van der Waals surface area contributed by atoms with E-state index in [2.05, 4.69) is 16.9 Å². The van der Waals surface area contributed by atoms with Crippen molar-refractivity contribution in [2.75, 3.05) is 0 Å². The number of hydrogen-bond acceptors (Lipinski definition) is 1. The summed E-state index contributed by atoms with van der Waals surface area (Å²) in [5.74, 6) is 0.612. The number of rotatable bonds is 3. The first kappa shape index (κ1) is 19.2. The van der Waals surface area contributed by atoms with Crippen LogP contribution in [0.4, 0.5) is 8.78 Å². The van der Waals surface area contributed by atoms with E-state index < -0.39 is 0 Å². The van der Waals surface area contributed by atoms with Gasteiger partial charge in [0.05, 0.1) is 11.7 Å². The highest BCUT2D eigenvalue weighted by Crippen LogP contribution is 2.33. The number of nitrogens with zero attached hydrogens (tertiary/aromatic N) is 1. The van der Waals surface area contributed by atoms with Gasteiger partial charge in [-0.25, -0.2) is 8.78 Å². The zero-order valence-electron chi connectivity index (χ0n) is 16.5. The van der Waals surface area contributed by atoms with E-state index in [4.69, 9.17) is 0 Å². The lowest BCUT2D eigenvalue weighted by molar-refractivity contribution is 0.531. The summed E-state index contributed by atoms with van der Waals surface area (Å²) in [4.78, 5) is 7.28. The van der Waals surface area contributed by atoms with Crippen molar-refractivity contribution in [3.05, 3.63) is 59.6 Å². The Morgan fingerprint density at radius 3 is 2.68 bits per heavy atom. The molecule has 0 spiro atoms. The molecule has 1 aliphatic carbocycles. The number of aromatic nitrogens is 2. The predicted molar refractivity (Wildman–Crippen MR) is 113 cm³/mol. The maximum absolute atomic E-state index is 14.1. The molecule has 1 saturated carbocycles. The van der Waals surface area contributed by atoms with E-state index in [1.54, 1.807) is 12.1 Å². The Kier molecular flexibility index (Phi) is 5.79. The Morgan fingerprint density at radius 2 is 1.82 bits per heavy atom. The molecule has 5 heteroatoms. The Morgan fingerprint density at radius 1 is 1.04 bits per heavy atom. The van der Waals surface area contributed by atoms with Crippen LogP contribution in [0.25, 0.3) is 10.9 Å². The zero-order valence-corrected chi connectivity index (χ0v) is 16.5. The molecule has 1 N–H and O–H groups in total. The average Bonchev–Trinajstić information content (AvgIpc) is 3.05. The standard InChI is InChI=1S/C23H27BF2N2/c1-15-22(20-10-5-11-21(26)23(20)28-15)24-18-8-3-2-6-16(7-4-9-18)17-12-19(25)14-27-13-17/h5,10-14,16,18,24,28H,2-4,6-9H2,1H3. The SMILES string of the molecule is Cc1[nH]c2c(F)cccc2c1BC1CCCCC(c2cncc(F)c2)CCC1. The number of pyridine rings is 1. The van der Waals surface area contributed by atoms with E-state index in [1.807, 2.05) is 12.3 Å². The Balaban J connectivity index is 1.46. The number of H-pyrrole nitrogens is 1. The molecular weight excluding hydrogens is 353 g/mol. The lowest BCUT2D eigenvalue weighted by Crippen LogP contribution is -2.21. The molecule has 1 aliphatic rings. The van der Waals surface area contributed by atoms with Crippen LogP contribution < -0.4 is 5.46 Å². The van der Waals surface area contributed by atoms with Crippen LogP contribution in [0.3, 0.4) is 0 Å². The van der Waals surface area contributed by atoms with Crippen molar-refractivity contribution in [1.82, 2.24) is 9.97 Å². The summed E-state index contributed by atoms with van der Waals surface area (Å²) in [5, 5.41) is 1.03. The number of benzene rings is 1. The molecule has 0 saturated heterocycles. The molecule has 2 nitrogen and oxygen atoms in total. The summed E-state index contributed by atoms with van der Waals surface area (Å²) in [7, 11) is 1.00. The summed E-state index contributed by atoms with van der Waals surface area (Å²) in [6.07, 6.45) is 11.2. The molecule has 3 aromatic rings. The number of aromatic amines is 1. The summed E-state index contributed by atoms with van der Waals surface area (Å²) in [6, 6.07) is 6.99. The van der Waals surface area contributed by atoms with Crippen molar-refractivity contribution in [2.45, 2.75) is 63.6 Å². The second-order valence-electron chi connectivity index (χ2n) is 8.31. The molecule has 146 valence electrons. The van der Waals surface area contributed by atoms with Gasteiger partial charge in [-0.1, -0.05) is 55.5 Å². The van der Waals surface area contributed by atoms with Gasteiger partial charge in [-0.2, -0.15) is 0 Å². The topological polar surface area (TPSA) is 28.7 Å². The minimum absolute atomic E-state index is 0.173. The van der Waals surface area contributed by atoms with Gasteiger partial charge in [0.2, 0.25) is 0 Å². The predicted octanol–water partition coefficient (Wildman–Crippen LogP) is 5.53. The first-order valence-electron chi connectivity index (χ1n) is 10.5. The van der Waals surface area contributed by atoms with Crippen molar-refractivity contribution in [1.29, 1.82) is 0 Å². The van der Waals surface area contributed by atoms with Crippen molar-refractivity contribution < 1.29 is 8.78 Å². The van der Waals surface area contributed by atoms with Gasteiger partial charge >= 0.3 is 0 Å². The minimum Gasteiger partial charge on any atom is -0.357 e. The fourth-order valence-electron chi connectivity index (χ4n) is 4.87. The van der Waals surface area contributed by atoms with Gasteiger partial charge in [0, 0.05) is 11.9 Å².